The van der Waals surface area contributed by atoms with Crippen LogP contribution in [-0.2, 0) is 36.8 Å². The quantitative estimate of drug-likeness (QED) is 0.113. The van der Waals surface area contributed by atoms with E-state index >= 15 is 0 Å². The number of primary amides is 1. The Morgan fingerprint density at radius 1 is 0.955 bits per heavy atom. The fraction of sp³-hybridized carbons (Fsp3) is 0.524. The van der Waals surface area contributed by atoms with E-state index in [1.165, 1.54) is 28.2 Å². The van der Waals surface area contributed by atoms with Crippen LogP contribution in [0, 0.1) is 0 Å². The van der Waals surface area contributed by atoms with Crippen molar-refractivity contribution < 1.29 is 67.0 Å². The van der Waals surface area contributed by atoms with Crippen LogP contribution in [0.15, 0.2) is 36.7 Å². The van der Waals surface area contributed by atoms with E-state index in [1.54, 1.807) is 6.08 Å². The maximum Gasteiger partial charge on any atom is 0.481 e. The van der Waals surface area contributed by atoms with E-state index in [-0.39, 0.29) is 29.0 Å². The Balaban J connectivity index is 1.15. The minimum Gasteiger partial charge on any atom is -0.387 e. The Labute approximate surface area is 247 Å². The van der Waals surface area contributed by atoms with Gasteiger partial charge < -0.3 is 56.1 Å². The summed E-state index contributed by atoms with van der Waals surface area (Å²) in [5.41, 5.74) is 11.6. The van der Waals surface area contributed by atoms with E-state index in [9.17, 15) is 44.1 Å². The van der Waals surface area contributed by atoms with E-state index in [4.69, 9.17) is 30.0 Å². The number of phosphoric ester groups is 2. The Morgan fingerprint density at radius 2 is 1.55 bits per heavy atom. The molecule has 10 atom stereocenters. The van der Waals surface area contributed by atoms with Gasteiger partial charge in [-0.15, -0.1) is 0 Å². The highest BCUT2D eigenvalue weighted by Gasteiger charge is 2.48. The fourth-order valence-electron chi connectivity index (χ4n) is 4.68. The van der Waals surface area contributed by atoms with Gasteiger partial charge in [-0.05, 0) is 6.42 Å². The van der Waals surface area contributed by atoms with Gasteiger partial charge in [0.2, 0.25) is 5.91 Å². The van der Waals surface area contributed by atoms with Crippen LogP contribution in [0.4, 0.5) is 5.82 Å². The maximum atomic E-state index is 12.4. The number of hydrogen-bond acceptors (Lipinski definition) is 17. The molecule has 44 heavy (non-hydrogen) atoms. The first-order valence-corrected chi connectivity index (χ1v) is 15.7. The third-order valence-corrected chi connectivity index (χ3v) is 9.48. The summed E-state index contributed by atoms with van der Waals surface area (Å²) in [6, 6.07) is 0. The van der Waals surface area contributed by atoms with Crippen molar-refractivity contribution in [1.82, 2.24) is 24.4 Å². The van der Waals surface area contributed by atoms with Crippen LogP contribution in [0.1, 0.15) is 12.6 Å². The number of fused-ring (bicyclic) bond motifs is 1. The number of ether oxygens (including phenoxy) is 2. The summed E-state index contributed by atoms with van der Waals surface area (Å²) in [7, 11) is -10.7. The highest BCUT2D eigenvalue weighted by atomic mass is 31.3. The molecule has 23 heteroatoms. The van der Waals surface area contributed by atoms with Crippen molar-refractivity contribution in [1.29, 1.82) is 0 Å². The van der Waals surface area contributed by atoms with Gasteiger partial charge in [0.1, 0.15) is 48.5 Å². The Morgan fingerprint density at radius 3 is 2.16 bits per heavy atom. The predicted molar refractivity (Wildman–Crippen MR) is 142 cm³/mol. The number of phosphoric acid groups is 2. The van der Waals surface area contributed by atoms with Crippen molar-refractivity contribution in [3.63, 3.8) is 0 Å². The van der Waals surface area contributed by atoms with E-state index < -0.39 is 83.8 Å². The summed E-state index contributed by atoms with van der Waals surface area (Å²) in [5.74, 6) is -0.658. The van der Waals surface area contributed by atoms with Gasteiger partial charge in [0.15, 0.2) is 23.9 Å². The third kappa shape index (κ3) is 6.70. The predicted octanol–water partition coefficient (Wildman–Crippen LogP) is -2.69. The molecule has 3 aliphatic heterocycles. The minimum absolute atomic E-state index is 0.0517. The first kappa shape index (κ1) is 32.5. The van der Waals surface area contributed by atoms with Crippen LogP contribution >= 0.6 is 15.6 Å². The average Bonchev–Trinajstić information content (AvgIpc) is 3.61. The summed E-state index contributed by atoms with van der Waals surface area (Å²) < 4.78 is 50.8. The molecule has 0 aromatic carbocycles. The van der Waals surface area contributed by atoms with Gasteiger partial charge >= 0.3 is 15.6 Å². The second kappa shape index (κ2) is 12.5. The first-order valence-electron chi connectivity index (χ1n) is 12.7. The standard InChI is InChI=1S/C21H29N7O14P2/c22-17-12-19(25-7-24-17)28(8-26-12)21-16(32)14(30)11(41-21)6-39-44(36,37)42-43(34,35)38-5-10-13(29)15(31)20(40-10)27-3-1-2-9(4-27)18(23)33/h1,3-4,7-8,10-11,13-16,20-21,29-32H,2,5-6H2,(H2,23,33)(H,34,35)(H,36,37)(H2,22,24,25)/t10-,11-,13-,14-,15-,16-,20-,21+/m1/s1. The Kier molecular flexibility index (Phi) is 9.23. The summed E-state index contributed by atoms with van der Waals surface area (Å²) in [5, 5.41) is 41.6. The average molecular weight is 665 g/mol. The number of aliphatic hydroxyl groups excluding tert-OH is 4. The Bertz CT molecular complexity index is 1560. The van der Waals surface area contributed by atoms with Gasteiger partial charge in [-0.1, -0.05) is 6.08 Å². The van der Waals surface area contributed by atoms with Crippen LogP contribution in [0.2, 0.25) is 0 Å². The van der Waals surface area contributed by atoms with Crippen molar-refractivity contribution >= 4 is 38.5 Å². The van der Waals surface area contributed by atoms with Crippen molar-refractivity contribution in [2.24, 2.45) is 5.73 Å². The molecule has 10 N–H and O–H groups in total. The van der Waals surface area contributed by atoms with Crippen LogP contribution in [0.3, 0.4) is 0 Å². The zero-order valence-corrected chi connectivity index (χ0v) is 24.2. The lowest BCUT2D eigenvalue weighted by Gasteiger charge is -2.28. The molecule has 5 heterocycles. The van der Waals surface area contributed by atoms with Gasteiger partial charge in [-0.2, -0.15) is 4.31 Å². The number of nitrogens with two attached hydrogens (primary N) is 2. The number of aliphatic hydroxyl groups is 4. The van der Waals surface area contributed by atoms with Crippen molar-refractivity contribution in [2.75, 3.05) is 18.9 Å². The number of nitrogens with zero attached hydrogens (tertiary/aromatic N) is 5. The molecule has 2 saturated heterocycles. The third-order valence-electron chi connectivity index (χ3n) is 6.88. The van der Waals surface area contributed by atoms with Crippen molar-refractivity contribution in [3.8, 4) is 0 Å². The lowest BCUT2D eigenvalue weighted by Crippen LogP contribution is -2.40. The lowest BCUT2D eigenvalue weighted by molar-refractivity contribution is -0.115. The number of carbonyl (C=O) groups excluding carboxylic acids is 1. The van der Waals surface area contributed by atoms with Crippen LogP contribution in [-0.4, -0.2) is 117 Å². The van der Waals surface area contributed by atoms with Crippen molar-refractivity contribution in [2.45, 2.75) is 55.5 Å². The second-order valence-electron chi connectivity index (χ2n) is 9.84. The van der Waals surface area contributed by atoms with Gasteiger partial charge in [-0.25, -0.2) is 24.1 Å². The molecule has 5 rings (SSSR count). The van der Waals surface area contributed by atoms with Gasteiger partial charge in [-0.3, -0.25) is 18.4 Å². The number of nitrogen functional groups attached to an aromatic ring is 1. The molecule has 2 aromatic rings. The highest BCUT2D eigenvalue weighted by Crippen LogP contribution is 2.60. The molecule has 3 aliphatic rings. The summed E-state index contributed by atoms with van der Waals surface area (Å²) in [4.78, 5) is 44.6. The van der Waals surface area contributed by atoms with Crippen LogP contribution in [0.25, 0.3) is 11.2 Å². The van der Waals surface area contributed by atoms with Gasteiger partial charge in [0.05, 0.1) is 19.5 Å². The first-order chi connectivity index (χ1) is 20.7. The molecule has 0 bridgehead atoms. The van der Waals surface area contributed by atoms with E-state index in [2.05, 4.69) is 19.3 Å². The van der Waals surface area contributed by atoms with Crippen LogP contribution < -0.4 is 11.5 Å². The molecule has 2 aromatic heterocycles. The molecular formula is C21H29N7O14P2. The minimum atomic E-state index is -5.37. The number of imidazole rings is 1. The molecule has 1 amide bonds. The number of anilines is 1. The molecule has 0 aliphatic carbocycles. The number of hydrogen-bond donors (Lipinski definition) is 8. The topological polar surface area (TPSA) is 318 Å². The van der Waals surface area contributed by atoms with Crippen LogP contribution in [0.5, 0.6) is 0 Å². The normalized spacial score (nSPS) is 33.3. The fourth-order valence-corrected chi connectivity index (χ4v) is 6.77. The SMILES string of the molecule is NC(=O)C1=CN([C@@H]2O[C@H](COP(=O)(O)OP(=O)(O)OC[C@H]3O[C@H](n4cnc5c(N)ncnc54)[C@H](O)[C@@H]3O)[C@@H](O)[C@H]2O)C=CC1. The zero-order valence-electron chi connectivity index (χ0n) is 22.4. The molecule has 21 nitrogen and oxygen atoms in total. The summed E-state index contributed by atoms with van der Waals surface area (Å²) in [6.07, 6.45) is -4.88. The maximum absolute atomic E-state index is 12.4. The number of carbonyl (C=O) groups is 1. The summed E-state index contributed by atoms with van der Waals surface area (Å²) in [6.45, 7) is -1.79. The summed E-state index contributed by atoms with van der Waals surface area (Å²) >= 11 is 0. The molecule has 2 unspecified atom stereocenters. The number of aromatic nitrogens is 4. The molecule has 2 fully saturated rings. The van der Waals surface area contributed by atoms with Gasteiger partial charge in [0, 0.05) is 18.0 Å². The monoisotopic (exact) mass is 665 g/mol. The largest absolute Gasteiger partial charge is 0.481 e. The molecule has 242 valence electrons. The van der Waals surface area contributed by atoms with Gasteiger partial charge in [0.25, 0.3) is 0 Å². The highest BCUT2D eigenvalue weighted by molar-refractivity contribution is 7.61. The smallest absolute Gasteiger partial charge is 0.387 e. The van der Waals surface area contributed by atoms with E-state index in [0.717, 1.165) is 6.33 Å². The zero-order chi connectivity index (χ0) is 32.0. The Hall–Kier alpha value is -2.88. The van der Waals surface area contributed by atoms with E-state index in [0.29, 0.717) is 0 Å². The molecular weight excluding hydrogens is 636 g/mol. The molecule has 0 saturated carbocycles. The number of amides is 1. The molecule has 0 radical (unpaired) electrons. The number of allylic oxidation sites excluding steroid dienone is 1. The molecule has 0 spiro atoms. The lowest BCUT2D eigenvalue weighted by atomic mass is 10.1. The number of rotatable bonds is 11. The van der Waals surface area contributed by atoms with E-state index in [1.807, 2.05) is 0 Å². The second-order valence-corrected chi connectivity index (χ2v) is 12.9. The van der Waals surface area contributed by atoms with Crippen molar-refractivity contribution in [3.05, 3.63) is 36.7 Å².